The Morgan fingerprint density at radius 2 is 1.86 bits per heavy atom. The van der Waals surface area contributed by atoms with Crippen LogP contribution in [0.2, 0.25) is 5.02 Å². The van der Waals surface area contributed by atoms with Crippen LogP contribution < -0.4 is 15.8 Å². The van der Waals surface area contributed by atoms with E-state index in [0.29, 0.717) is 46.5 Å². The number of aromatic nitrogens is 1. The molecule has 9 heteroatoms. The maximum Gasteiger partial charge on any atom is 0.251 e. The van der Waals surface area contributed by atoms with Gasteiger partial charge in [0.2, 0.25) is 0 Å². The Balaban J connectivity index is 1.52. The van der Waals surface area contributed by atoms with E-state index in [0.717, 1.165) is 30.0 Å². The fourth-order valence-electron chi connectivity index (χ4n) is 4.87. The molecule has 1 unspecified atom stereocenters. The molecule has 1 amide bonds. The molecule has 5 rings (SSSR count). The van der Waals surface area contributed by atoms with Crippen LogP contribution in [0.5, 0.6) is 5.75 Å². The Bertz CT molecular complexity index is 1690. The van der Waals surface area contributed by atoms with Crippen molar-refractivity contribution in [1.29, 1.82) is 0 Å². The summed E-state index contributed by atoms with van der Waals surface area (Å²) in [6, 6.07) is 17.3. The minimum absolute atomic E-state index is 0.139. The number of nitrogens with two attached hydrogens (primary N) is 1. The lowest BCUT2D eigenvalue weighted by Crippen LogP contribution is -2.29. The van der Waals surface area contributed by atoms with Crippen LogP contribution in [0.4, 0.5) is 14.5 Å². The Morgan fingerprint density at radius 1 is 1.12 bits per heavy atom. The molecule has 3 N–H and O–H groups in total. The lowest BCUT2D eigenvalue weighted by atomic mass is 9.93. The summed E-state index contributed by atoms with van der Waals surface area (Å²) >= 11 is 6.37. The molecule has 0 aliphatic heterocycles. The van der Waals surface area contributed by atoms with Crippen molar-refractivity contribution in [3.05, 3.63) is 111 Å². The van der Waals surface area contributed by atoms with E-state index in [2.05, 4.69) is 10.3 Å². The standard InChI is InChI=1S/C34H33ClF2N4O2/c1-4-43-33-20(3)13-30(41-32(33)25-12-19(2)28(36)16-29(25)37)26(21-8-6-5-7-9-21)18-40-34(42)22-14-23(17-39-24-10-11-24)31(38)27(35)15-22/h5-9,12-17,24,26H,4,10-11,18,38H2,1-3H3,(H,40,42). The number of rotatable bonds is 10. The number of pyridine rings is 1. The molecule has 0 spiro atoms. The first-order chi connectivity index (χ1) is 20.7. The number of hydrogen-bond donors (Lipinski definition) is 2. The average Bonchev–Trinajstić information content (AvgIpc) is 3.82. The van der Waals surface area contributed by atoms with Gasteiger partial charge in [-0.25, -0.2) is 13.8 Å². The van der Waals surface area contributed by atoms with E-state index in [1.807, 2.05) is 50.2 Å². The Hall–Kier alpha value is -4.30. The van der Waals surface area contributed by atoms with Gasteiger partial charge in [-0.3, -0.25) is 9.79 Å². The third kappa shape index (κ3) is 6.86. The second kappa shape index (κ2) is 12.9. The number of ether oxygens (including phenoxy) is 1. The van der Waals surface area contributed by atoms with Crippen molar-refractivity contribution in [1.82, 2.24) is 10.3 Å². The first kappa shape index (κ1) is 30.2. The molecule has 0 radical (unpaired) electrons. The Morgan fingerprint density at radius 3 is 2.56 bits per heavy atom. The van der Waals surface area contributed by atoms with Crippen molar-refractivity contribution in [3.63, 3.8) is 0 Å². The van der Waals surface area contributed by atoms with Gasteiger partial charge < -0.3 is 15.8 Å². The SMILES string of the molecule is CCOc1c(C)cc(C(CNC(=O)c2cc(Cl)c(N)c(C=NC3CC3)c2)c2ccccc2)nc1-c1cc(C)c(F)cc1F. The molecule has 1 atom stereocenters. The highest BCUT2D eigenvalue weighted by Crippen LogP contribution is 2.37. The van der Waals surface area contributed by atoms with Crippen molar-refractivity contribution in [2.45, 2.75) is 45.6 Å². The van der Waals surface area contributed by atoms with E-state index in [4.69, 9.17) is 27.1 Å². The van der Waals surface area contributed by atoms with E-state index < -0.39 is 17.6 Å². The highest BCUT2D eigenvalue weighted by atomic mass is 35.5. The molecule has 6 nitrogen and oxygen atoms in total. The maximum absolute atomic E-state index is 15.1. The summed E-state index contributed by atoms with van der Waals surface area (Å²) in [6.07, 6.45) is 3.76. The number of amides is 1. The van der Waals surface area contributed by atoms with Gasteiger partial charge >= 0.3 is 0 Å². The van der Waals surface area contributed by atoms with Crippen molar-refractivity contribution < 1.29 is 18.3 Å². The van der Waals surface area contributed by atoms with E-state index >= 15 is 4.39 Å². The van der Waals surface area contributed by atoms with E-state index in [9.17, 15) is 9.18 Å². The van der Waals surface area contributed by atoms with Gasteiger partial charge in [0, 0.05) is 41.4 Å². The molecule has 222 valence electrons. The number of nitrogens with zero attached hydrogens (tertiary/aromatic N) is 2. The first-order valence-electron chi connectivity index (χ1n) is 14.2. The zero-order chi connectivity index (χ0) is 30.7. The molecule has 1 fully saturated rings. The van der Waals surface area contributed by atoms with Crippen molar-refractivity contribution in [2.24, 2.45) is 4.99 Å². The summed E-state index contributed by atoms with van der Waals surface area (Å²) in [5.41, 5.74) is 10.4. The predicted molar refractivity (Wildman–Crippen MR) is 167 cm³/mol. The second-order valence-corrected chi connectivity index (χ2v) is 11.1. The number of nitrogens with one attached hydrogen (secondary N) is 1. The summed E-state index contributed by atoms with van der Waals surface area (Å²) < 4.78 is 35.2. The fraction of sp³-hybridized carbons (Fsp3) is 0.265. The van der Waals surface area contributed by atoms with E-state index in [1.54, 1.807) is 19.2 Å². The third-order valence-corrected chi connectivity index (χ3v) is 7.70. The van der Waals surface area contributed by atoms with Gasteiger partial charge in [-0.1, -0.05) is 41.9 Å². The number of carbonyl (C=O) groups excluding carboxylic acids is 1. The lowest BCUT2D eigenvalue weighted by molar-refractivity contribution is 0.0952. The smallest absolute Gasteiger partial charge is 0.251 e. The molecule has 3 aromatic carbocycles. The van der Waals surface area contributed by atoms with Crippen LogP contribution in [0.15, 0.2) is 65.7 Å². The van der Waals surface area contributed by atoms with Crippen LogP contribution in [0.3, 0.4) is 0 Å². The van der Waals surface area contributed by atoms with Crippen molar-refractivity contribution in [3.8, 4) is 17.0 Å². The summed E-state index contributed by atoms with van der Waals surface area (Å²) in [4.78, 5) is 22.8. The molecule has 0 saturated heterocycles. The quantitative estimate of drug-likeness (QED) is 0.146. The zero-order valence-corrected chi connectivity index (χ0v) is 25.0. The normalized spacial score (nSPS) is 13.7. The summed E-state index contributed by atoms with van der Waals surface area (Å²) in [7, 11) is 0. The number of aryl methyl sites for hydroxylation is 2. The van der Waals surface area contributed by atoms with Gasteiger partial charge in [-0.2, -0.15) is 0 Å². The minimum atomic E-state index is -0.737. The minimum Gasteiger partial charge on any atom is -0.491 e. The molecule has 1 aromatic heterocycles. The molecular weight excluding hydrogens is 570 g/mol. The van der Waals surface area contributed by atoms with Gasteiger partial charge in [0.15, 0.2) is 0 Å². The average molecular weight is 603 g/mol. The largest absolute Gasteiger partial charge is 0.491 e. The number of benzene rings is 3. The van der Waals surface area contributed by atoms with Gasteiger partial charge in [-0.05, 0) is 74.6 Å². The summed E-state index contributed by atoms with van der Waals surface area (Å²) in [5.74, 6) is -1.69. The number of hydrogen-bond acceptors (Lipinski definition) is 5. The lowest BCUT2D eigenvalue weighted by Gasteiger charge is -2.22. The summed E-state index contributed by atoms with van der Waals surface area (Å²) in [5, 5.41) is 3.29. The van der Waals surface area contributed by atoms with Crippen LogP contribution in [-0.4, -0.2) is 36.3 Å². The maximum atomic E-state index is 15.1. The highest BCUT2D eigenvalue weighted by molar-refractivity contribution is 6.34. The van der Waals surface area contributed by atoms with Crippen LogP contribution in [-0.2, 0) is 0 Å². The Kier molecular flexibility index (Phi) is 9.06. The van der Waals surface area contributed by atoms with Crippen LogP contribution >= 0.6 is 11.6 Å². The molecule has 1 aliphatic rings. The van der Waals surface area contributed by atoms with Crippen LogP contribution in [0.1, 0.15) is 64.0 Å². The van der Waals surface area contributed by atoms with Gasteiger partial charge in [-0.15, -0.1) is 0 Å². The number of carbonyl (C=O) groups is 1. The topological polar surface area (TPSA) is 89.6 Å². The van der Waals surface area contributed by atoms with Crippen molar-refractivity contribution >= 4 is 29.4 Å². The molecule has 4 aromatic rings. The Labute approximate surface area is 255 Å². The molecule has 1 saturated carbocycles. The monoisotopic (exact) mass is 602 g/mol. The number of nitrogen functional groups attached to an aromatic ring is 1. The highest BCUT2D eigenvalue weighted by Gasteiger charge is 2.24. The molecule has 1 heterocycles. The zero-order valence-electron chi connectivity index (χ0n) is 24.3. The molecule has 0 bridgehead atoms. The van der Waals surface area contributed by atoms with Crippen LogP contribution in [0, 0.1) is 25.5 Å². The number of halogens is 3. The van der Waals surface area contributed by atoms with Gasteiger partial charge in [0.1, 0.15) is 23.1 Å². The number of anilines is 1. The molecule has 1 aliphatic carbocycles. The fourth-order valence-corrected chi connectivity index (χ4v) is 5.10. The van der Waals surface area contributed by atoms with E-state index in [1.165, 1.54) is 12.1 Å². The van der Waals surface area contributed by atoms with Crippen molar-refractivity contribution in [2.75, 3.05) is 18.9 Å². The predicted octanol–water partition coefficient (Wildman–Crippen LogP) is 7.42. The van der Waals surface area contributed by atoms with Gasteiger partial charge in [0.25, 0.3) is 5.91 Å². The molecular formula is C34H33ClF2N4O2. The third-order valence-electron chi connectivity index (χ3n) is 7.39. The summed E-state index contributed by atoms with van der Waals surface area (Å²) in [6.45, 7) is 5.78. The first-order valence-corrected chi connectivity index (χ1v) is 14.6. The number of aliphatic imine (C=N–C) groups is 1. The van der Waals surface area contributed by atoms with Gasteiger partial charge in [0.05, 0.1) is 29.1 Å². The van der Waals surface area contributed by atoms with E-state index in [-0.39, 0.29) is 28.7 Å². The molecule has 43 heavy (non-hydrogen) atoms. The second-order valence-electron chi connectivity index (χ2n) is 10.7. The van der Waals surface area contributed by atoms with Crippen LogP contribution in [0.25, 0.3) is 11.3 Å².